The van der Waals surface area contributed by atoms with Gasteiger partial charge in [-0.1, -0.05) is 0 Å². The number of esters is 1. The molecule has 6 heteroatoms. The summed E-state index contributed by atoms with van der Waals surface area (Å²) in [6.45, 7) is 0. The van der Waals surface area contributed by atoms with Crippen molar-refractivity contribution in [3.63, 3.8) is 0 Å². The number of ether oxygens (including phenoxy) is 2. The number of hydrogen-bond acceptors (Lipinski definition) is 5. The fraction of sp³-hybridized carbons (Fsp3) is 0.286. The van der Waals surface area contributed by atoms with E-state index in [0.717, 1.165) is 6.07 Å². The normalized spacial score (nSPS) is 9.38. The molecule has 70 valence electrons. The molecule has 0 saturated heterocycles. The Morgan fingerprint density at radius 2 is 2.23 bits per heavy atom. The number of carbonyl (C=O) groups excluding carboxylic acids is 1. The minimum Gasteiger partial charge on any atom is -0.477 e. The number of H-pyrrole nitrogens is 1. The van der Waals surface area contributed by atoms with E-state index < -0.39 is 11.4 Å². The third-order valence-corrected chi connectivity index (χ3v) is 1.36. The van der Waals surface area contributed by atoms with Crippen LogP contribution in [0.1, 0.15) is 10.5 Å². The zero-order chi connectivity index (χ0) is 9.84. The van der Waals surface area contributed by atoms with Crippen LogP contribution in [0.2, 0.25) is 0 Å². The largest absolute Gasteiger partial charge is 0.477 e. The molecule has 0 fully saturated rings. The van der Waals surface area contributed by atoms with Crippen molar-refractivity contribution in [3.05, 3.63) is 22.0 Å². The summed E-state index contributed by atoms with van der Waals surface area (Å²) in [5.41, 5.74) is -0.477. The molecule has 0 aromatic carbocycles. The number of rotatable bonds is 2. The van der Waals surface area contributed by atoms with Crippen LogP contribution in [0.5, 0.6) is 5.88 Å². The Hall–Kier alpha value is -1.85. The third-order valence-electron chi connectivity index (χ3n) is 1.36. The van der Waals surface area contributed by atoms with Gasteiger partial charge >= 0.3 is 5.97 Å². The number of aromatic nitrogens is 2. The second-order valence-corrected chi connectivity index (χ2v) is 2.15. The first-order chi connectivity index (χ1) is 6.19. The minimum absolute atomic E-state index is 0.00620. The van der Waals surface area contributed by atoms with Crippen LogP contribution in [-0.2, 0) is 4.74 Å². The lowest BCUT2D eigenvalue weighted by Gasteiger charge is -1.99. The number of methoxy groups -OCH3 is 2. The summed E-state index contributed by atoms with van der Waals surface area (Å²) < 4.78 is 8.98. The van der Waals surface area contributed by atoms with Crippen molar-refractivity contribution in [1.82, 2.24) is 10.2 Å². The van der Waals surface area contributed by atoms with E-state index >= 15 is 0 Å². The molecule has 0 radical (unpaired) electrons. The van der Waals surface area contributed by atoms with Gasteiger partial charge in [0.2, 0.25) is 5.43 Å². The molecule has 0 saturated carbocycles. The van der Waals surface area contributed by atoms with Crippen LogP contribution in [0.3, 0.4) is 0 Å². The van der Waals surface area contributed by atoms with Gasteiger partial charge in [0.25, 0.3) is 5.88 Å². The van der Waals surface area contributed by atoms with Crippen LogP contribution >= 0.6 is 0 Å². The van der Waals surface area contributed by atoms with E-state index in [1.807, 2.05) is 0 Å². The van der Waals surface area contributed by atoms with Gasteiger partial charge in [-0.25, -0.2) is 4.79 Å². The number of hydrogen-bond donors (Lipinski definition) is 1. The molecule has 1 aromatic heterocycles. The summed E-state index contributed by atoms with van der Waals surface area (Å²) in [4.78, 5) is 22.0. The Morgan fingerprint density at radius 1 is 1.54 bits per heavy atom. The molecule has 0 unspecified atom stereocenters. The first-order valence-corrected chi connectivity index (χ1v) is 3.41. The monoisotopic (exact) mass is 184 g/mol. The standard InChI is InChI=1S/C7H8N2O4/c1-12-6-5(10)3-4(8-9-6)7(11)13-2/h3H,1-2H3,(H,8,10). The molecule has 0 bridgehead atoms. The molecule has 1 N–H and O–H groups in total. The smallest absolute Gasteiger partial charge is 0.356 e. The first kappa shape index (κ1) is 9.24. The van der Waals surface area contributed by atoms with E-state index in [4.69, 9.17) is 0 Å². The van der Waals surface area contributed by atoms with Gasteiger partial charge in [-0.2, -0.15) is 0 Å². The van der Waals surface area contributed by atoms with Crippen molar-refractivity contribution in [2.24, 2.45) is 0 Å². The van der Waals surface area contributed by atoms with Crippen LogP contribution in [0, 0.1) is 0 Å². The summed E-state index contributed by atoms with van der Waals surface area (Å²) in [5.74, 6) is -0.736. The van der Waals surface area contributed by atoms with E-state index in [9.17, 15) is 9.59 Å². The average molecular weight is 184 g/mol. The van der Waals surface area contributed by atoms with Crippen molar-refractivity contribution >= 4 is 5.97 Å². The van der Waals surface area contributed by atoms with Crippen LogP contribution in [0.4, 0.5) is 0 Å². The summed E-state index contributed by atoms with van der Waals surface area (Å²) in [5, 5.41) is 5.84. The lowest BCUT2D eigenvalue weighted by atomic mass is 10.4. The second kappa shape index (κ2) is 3.70. The van der Waals surface area contributed by atoms with E-state index in [0.29, 0.717) is 0 Å². The fourth-order valence-corrected chi connectivity index (χ4v) is 0.752. The summed E-state index contributed by atoms with van der Waals surface area (Å²) in [6, 6.07) is 1.07. The highest BCUT2D eigenvalue weighted by Gasteiger charge is 2.09. The summed E-state index contributed by atoms with van der Waals surface area (Å²) in [7, 11) is 2.53. The fourth-order valence-electron chi connectivity index (χ4n) is 0.752. The predicted octanol–water partition coefficient (Wildman–Crippen LogP) is -0.435. The van der Waals surface area contributed by atoms with Crippen molar-refractivity contribution in [3.8, 4) is 5.88 Å². The molecule has 0 aliphatic rings. The molecular weight excluding hydrogens is 176 g/mol. The maximum atomic E-state index is 11.1. The molecule has 0 spiro atoms. The van der Waals surface area contributed by atoms with Gasteiger partial charge in [-0.15, -0.1) is 5.10 Å². The Morgan fingerprint density at radius 3 is 2.69 bits per heavy atom. The van der Waals surface area contributed by atoms with Crippen molar-refractivity contribution in [1.29, 1.82) is 0 Å². The van der Waals surface area contributed by atoms with Gasteiger partial charge in [-0.05, 0) is 0 Å². The molecule has 13 heavy (non-hydrogen) atoms. The molecule has 6 nitrogen and oxygen atoms in total. The minimum atomic E-state index is -0.646. The van der Waals surface area contributed by atoms with Crippen molar-refractivity contribution < 1.29 is 14.3 Å². The SMILES string of the molecule is COC(=O)c1cc(=O)c(OC)n[nH]1. The number of nitrogens with one attached hydrogen (secondary N) is 1. The number of nitrogens with zero attached hydrogens (tertiary/aromatic N) is 1. The number of aromatic amines is 1. The summed E-state index contributed by atoms with van der Waals surface area (Å²) in [6.07, 6.45) is 0. The highest BCUT2D eigenvalue weighted by Crippen LogP contribution is 1.96. The molecule has 0 atom stereocenters. The van der Waals surface area contributed by atoms with E-state index in [2.05, 4.69) is 19.7 Å². The topological polar surface area (TPSA) is 81.3 Å². The first-order valence-electron chi connectivity index (χ1n) is 3.41. The molecule has 1 heterocycles. The van der Waals surface area contributed by atoms with Crippen LogP contribution in [0.15, 0.2) is 10.9 Å². The zero-order valence-electron chi connectivity index (χ0n) is 7.16. The Labute approximate surface area is 73.5 Å². The Balaban J connectivity index is 3.10. The Kier molecular flexibility index (Phi) is 2.63. The quantitative estimate of drug-likeness (QED) is 0.630. The second-order valence-electron chi connectivity index (χ2n) is 2.15. The molecule has 1 aromatic rings. The highest BCUT2D eigenvalue weighted by atomic mass is 16.5. The van der Waals surface area contributed by atoms with Gasteiger partial charge in [0.15, 0.2) is 0 Å². The number of carbonyl (C=O) groups is 1. The highest BCUT2D eigenvalue weighted by molar-refractivity contribution is 5.86. The van der Waals surface area contributed by atoms with Gasteiger partial charge in [0.1, 0.15) is 5.69 Å². The lowest BCUT2D eigenvalue weighted by molar-refractivity contribution is 0.0592. The van der Waals surface area contributed by atoms with Crippen molar-refractivity contribution in [2.45, 2.75) is 0 Å². The molecule has 0 amide bonds. The van der Waals surface area contributed by atoms with Crippen LogP contribution < -0.4 is 10.2 Å². The third kappa shape index (κ3) is 1.84. The Bertz CT molecular complexity index is 371. The van der Waals surface area contributed by atoms with Gasteiger partial charge in [0.05, 0.1) is 14.2 Å². The summed E-state index contributed by atoms with van der Waals surface area (Å²) >= 11 is 0. The lowest BCUT2D eigenvalue weighted by Crippen LogP contribution is -2.14. The maximum absolute atomic E-state index is 11.1. The van der Waals surface area contributed by atoms with Crippen LogP contribution in [-0.4, -0.2) is 30.4 Å². The molecular formula is C7H8N2O4. The molecule has 1 rings (SSSR count). The van der Waals surface area contributed by atoms with Gasteiger partial charge in [0, 0.05) is 6.07 Å². The van der Waals surface area contributed by atoms with E-state index in [1.54, 1.807) is 0 Å². The van der Waals surface area contributed by atoms with Gasteiger partial charge in [-0.3, -0.25) is 9.89 Å². The van der Waals surface area contributed by atoms with E-state index in [-0.39, 0.29) is 11.6 Å². The maximum Gasteiger partial charge on any atom is 0.356 e. The predicted molar refractivity (Wildman–Crippen MR) is 42.7 cm³/mol. The van der Waals surface area contributed by atoms with E-state index in [1.165, 1.54) is 14.2 Å². The molecule has 0 aliphatic heterocycles. The van der Waals surface area contributed by atoms with Crippen LogP contribution in [0.25, 0.3) is 0 Å². The van der Waals surface area contributed by atoms with Crippen molar-refractivity contribution in [2.75, 3.05) is 14.2 Å². The van der Waals surface area contributed by atoms with Gasteiger partial charge < -0.3 is 9.47 Å². The zero-order valence-corrected chi connectivity index (χ0v) is 7.16. The molecule has 0 aliphatic carbocycles. The average Bonchev–Trinajstić information content (AvgIpc) is 2.16.